The quantitative estimate of drug-likeness (QED) is 0.896. The van der Waals surface area contributed by atoms with Crippen molar-refractivity contribution in [2.24, 2.45) is 0 Å². The molecule has 1 fully saturated rings. The Morgan fingerprint density at radius 2 is 2.15 bits per heavy atom. The summed E-state index contributed by atoms with van der Waals surface area (Å²) in [5.41, 5.74) is 0.629. The molecule has 1 aliphatic rings. The van der Waals surface area contributed by atoms with Crippen LogP contribution in [-0.2, 0) is 4.74 Å². The van der Waals surface area contributed by atoms with Crippen molar-refractivity contribution < 1.29 is 14.6 Å². The second-order valence-electron chi connectivity index (χ2n) is 4.71. The van der Waals surface area contributed by atoms with Crippen molar-refractivity contribution >= 4 is 33.4 Å². The molecule has 0 aliphatic carbocycles. The van der Waals surface area contributed by atoms with Gasteiger partial charge in [0, 0.05) is 22.6 Å². The van der Waals surface area contributed by atoms with Crippen LogP contribution < -0.4 is 0 Å². The van der Waals surface area contributed by atoms with E-state index < -0.39 is 0 Å². The van der Waals surface area contributed by atoms with Crippen LogP contribution in [-0.4, -0.2) is 48.3 Å². The van der Waals surface area contributed by atoms with Gasteiger partial charge in [-0.2, -0.15) is 0 Å². The Bertz CT molecular complexity index is 475. The lowest BCUT2D eigenvalue weighted by atomic mass is 10.1. The summed E-state index contributed by atoms with van der Waals surface area (Å²) in [5, 5.41) is 9.33. The van der Waals surface area contributed by atoms with Gasteiger partial charge in [-0.15, -0.1) is 0 Å². The molecular formula is C14H17BrClNO3. The standard InChI is InChI=1S/C14H17BrClNO3/c15-13-9-10(16)1-2-12(13)14(19)17-5-3-11(4-6-17)20-8-7-18/h1-2,9,11,18H,3-8H2. The van der Waals surface area contributed by atoms with Gasteiger partial charge in [-0.3, -0.25) is 4.79 Å². The number of nitrogens with zero attached hydrogens (tertiary/aromatic N) is 1. The zero-order valence-corrected chi connectivity index (χ0v) is 13.4. The largest absolute Gasteiger partial charge is 0.394 e. The highest BCUT2D eigenvalue weighted by atomic mass is 79.9. The van der Waals surface area contributed by atoms with Crippen LogP contribution >= 0.6 is 27.5 Å². The summed E-state index contributed by atoms with van der Waals surface area (Å²) in [7, 11) is 0. The number of likely N-dealkylation sites (tertiary alicyclic amines) is 1. The lowest BCUT2D eigenvalue weighted by Crippen LogP contribution is -2.41. The molecule has 1 amide bonds. The third kappa shape index (κ3) is 3.95. The minimum Gasteiger partial charge on any atom is -0.394 e. The Labute approximate surface area is 131 Å². The molecule has 1 saturated heterocycles. The minimum absolute atomic E-state index is 0.00847. The van der Waals surface area contributed by atoms with Crippen LogP contribution in [0.2, 0.25) is 5.02 Å². The minimum atomic E-state index is 0.00847. The highest BCUT2D eigenvalue weighted by Gasteiger charge is 2.25. The number of carbonyl (C=O) groups is 1. The fourth-order valence-electron chi connectivity index (χ4n) is 2.28. The lowest BCUT2D eigenvalue weighted by molar-refractivity contribution is -0.00555. The molecule has 0 bridgehead atoms. The molecule has 20 heavy (non-hydrogen) atoms. The van der Waals surface area contributed by atoms with Gasteiger partial charge < -0.3 is 14.7 Å². The van der Waals surface area contributed by atoms with Gasteiger partial charge in [0.25, 0.3) is 5.91 Å². The average Bonchev–Trinajstić information content (AvgIpc) is 2.45. The number of piperidine rings is 1. The van der Waals surface area contributed by atoms with Gasteiger partial charge in [-0.1, -0.05) is 11.6 Å². The van der Waals surface area contributed by atoms with Gasteiger partial charge in [-0.05, 0) is 47.0 Å². The monoisotopic (exact) mass is 361 g/mol. The number of halogens is 2. The number of aliphatic hydroxyl groups excluding tert-OH is 1. The second-order valence-corrected chi connectivity index (χ2v) is 6.00. The van der Waals surface area contributed by atoms with Crippen LogP contribution in [0.4, 0.5) is 0 Å². The maximum atomic E-state index is 12.4. The first-order valence-corrected chi connectivity index (χ1v) is 7.75. The molecule has 0 aromatic heterocycles. The summed E-state index contributed by atoms with van der Waals surface area (Å²) in [4.78, 5) is 14.3. The Hall–Kier alpha value is -0.620. The molecule has 4 nitrogen and oxygen atoms in total. The fourth-order valence-corrected chi connectivity index (χ4v) is 3.13. The van der Waals surface area contributed by atoms with Crippen LogP contribution in [0.1, 0.15) is 23.2 Å². The topological polar surface area (TPSA) is 49.8 Å². The van der Waals surface area contributed by atoms with Crippen LogP contribution in [0.3, 0.4) is 0 Å². The lowest BCUT2D eigenvalue weighted by Gasteiger charge is -2.32. The van der Waals surface area contributed by atoms with Gasteiger partial charge >= 0.3 is 0 Å². The highest BCUT2D eigenvalue weighted by molar-refractivity contribution is 9.10. The normalized spacial score (nSPS) is 16.4. The molecule has 1 heterocycles. The molecule has 0 unspecified atom stereocenters. The van der Waals surface area contributed by atoms with E-state index in [4.69, 9.17) is 21.4 Å². The second kappa shape index (κ2) is 7.41. The first kappa shape index (κ1) is 15.8. The van der Waals surface area contributed by atoms with E-state index in [0.29, 0.717) is 34.8 Å². The van der Waals surface area contributed by atoms with E-state index in [2.05, 4.69) is 15.9 Å². The highest BCUT2D eigenvalue weighted by Crippen LogP contribution is 2.24. The summed E-state index contributed by atoms with van der Waals surface area (Å²) < 4.78 is 6.21. The van der Waals surface area contributed by atoms with Crippen molar-refractivity contribution in [2.75, 3.05) is 26.3 Å². The third-order valence-electron chi connectivity index (χ3n) is 3.34. The van der Waals surface area contributed by atoms with Gasteiger partial charge in [0.1, 0.15) is 0 Å². The number of hydrogen-bond acceptors (Lipinski definition) is 3. The molecule has 1 aromatic rings. The maximum absolute atomic E-state index is 12.4. The molecule has 110 valence electrons. The molecule has 1 N–H and O–H groups in total. The Morgan fingerprint density at radius 3 is 2.75 bits per heavy atom. The molecule has 0 radical (unpaired) electrons. The van der Waals surface area contributed by atoms with E-state index in [-0.39, 0.29) is 18.6 Å². The van der Waals surface area contributed by atoms with Gasteiger partial charge in [-0.25, -0.2) is 0 Å². The molecular weight excluding hydrogens is 346 g/mol. The summed E-state index contributed by atoms with van der Waals surface area (Å²) in [6.07, 6.45) is 1.74. The first-order valence-electron chi connectivity index (χ1n) is 6.58. The van der Waals surface area contributed by atoms with Crippen molar-refractivity contribution in [2.45, 2.75) is 18.9 Å². The number of carbonyl (C=O) groups excluding carboxylic acids is 1. The van der Waals surface area contributed by atoms with E-state index >= 15 is 0 Å². The number of benzene rings is 1. The van der Waals surface area contributed by atoms with Crippen molar-refractivity contribution in [3.8, 4) is 0 Å². The molecule has 6 heteroatoms. The third-order valence-corrected chi connectivity index (χ3v) is 4.23. The SMILES string of the molecule is O=C(c1ccc(Cl)cc1Br)N1CCC(OCCO)CC1. The average molecular weight is 363 g/mol. The molecule has 0 atom stereocenters. The Kier molecular flexibility index (Phi) is 5.84. The van der Waals surface area contributed by atoms with Crippen molar-refractivity contribution in [1.82, 2.24) is 4.90 Å². The summed E-state index contributed by atoms with van der Waals surface area (Å²) >= 11 is 9.26. The van der Waals surface area contributed by atoms with Crippen LogP contribution in [0, 0.1) is 0 Å². The predicted molar refractivity (Wildman–Crippen MR) is 81.1 cm³/mol. The zero-order valence-electron chi connectivity index (χ0n) is 11.0. The number of aliphatic hydroxyl groups is 1. The first-order chi connectivity index (χ1) is 9.61. The molecule has 1 aliphatic heterocycles. The number of amides is 1. The van der Waals surface area contributed by atoms with Gasteiger partial charge in [0.15, 0.2) is 0 Å². The Balaban J connectivity index is 1.94. The number of rotatable bonds is 4. The molecule has 1 aromatic carbocycles. The van der Waals surface area contributed by atoms with Crippen LogP contribution in [0.15, 0.2) is 22.7 Å². The summed E-state index contributed by atoms with van der Waals surface area (Å²) in [6, 6.07) is 5.19. The van der Waals surface area contributed by atoms with Gasteiger partial charge in [0.05, 0.1) is 24.9 Å². The van der Waals surface area contributed by atoms with Crippen molar-refractivity contribution in [3.05, 3.63) is 33.3 Å². The van der Waals surface area contributed by atoms with E-state index in [1.165, 1.54) is 0 Å². The smallest absolute Gasteiger partial charge is 0.255 e. The molecule has 0 saturated carbocycles. The molecule has 2 rings (SSSR count). The molecule has 0 spiro atoms. The predicted octanol–water partition coefficient (Wildman–Crippen LogP) is 2.72. The summed E-state index contributed by atoms with van der Waals surface area (Å²) in [6.45, 7) is 1.74. The number of hydrogen-bond donors (Lipinski definition) is 1. The van der Waals surface area contributed by atoms with E-state index in [1.54, 1.807) is 18.2 Å². The van der Waals surface area contributed by atoms with Crippen molar-refractivity contribution in [1.29, 1.82) is 0 Å². The maximum Gasteiger partial charge on any atom is 0.255 e. The van der Waals surface area contributed by atoms with E-state index in [1.807, 2.05) is 4.90 Å². The van der Waals surface area contributed by atoms with Crippen LogP contribution in [0.25, 0.3) is 0 Å². The number of ether oxygens (including phenoxy) is 1. The van der Waals surface area contributed by atoms with Gasteiger partial charge in [0.2, 0.25) is 0 Å². The van der Waals surface area contributed by atoms with E-state index in [0.717, 1.165) is 12.8 Å². The van der Waals surface area contributed by atoms with E-state index in [9.17, 15) is 4.79 Å². The van der Waals surface area contributed by atoms with Crippen LogP contribution in [0.5, 0.6) is 0 Å². The Morgan fingerprint density at radius 1 is 1.45 bits per heavy atom. The zero-order chi connectivity index (χ0) is 14.5. The van der Waals surface area contributed by atoms with Crippen molar-refractivity contribution in [3.63, 3.8) is 0 Å². The summed E-state index contributed by atoms with van der Waals surface area (Å²) in [5.74, 6) is 0.00847. The fraction of sp³-hybridized carbons (Fsp3) is 0.500.